The number of fused-ring (bicyclic) bond motifs is 3. The summed E-state index contributed by atoms with van der Waals surface area (Å²) in [5, 5.41) is 1.76. The Kier molecular flexibility index (Phi) is 3.41. The second-order valence-electron chi connectivity index (χ2n) is 5.56. The number of H-pyrrole nitrogens is 1. The topological polar surface area (TPSA) is 40.7 Å². The second kappa shape index (κ2) is 5.55. The van der Waals surface area contributed by atoms with E-state index in [0.717, 1.165) is 40.3 Å². The molecule has 4 nitrogen and oxygen atoms in total. The van der Waals surface area contributed by atoms with Gasteiger partial charge in [0.1, 0.15) is 13.1 Å². The van der Waals surface area contributed by atoms with Gasteiger partial charge in [0.25, 0.3) is 5.52 Å². The molecule has 3 heterocycles. The molecule has 4 rings (SSSR count). The Balaban J connectivity index is 1.66. The molecule has 1 unspecified atom stereocenters. The Hall–Kier alpha value is -2.17. The Morgan fingerprint density at radius 1 is 1.32 bits per heavy atom. The van der Waals surface area contributed by atoms with Crippen LogP contribution in [0.2, 0.25) is 5.02 Å². The number of rotatable bonds is 2. The van der Waals surface area contributed by atoms with Crippen molar-refractivity contribution in [2.45, 2.75) is 13.1 Å². The van der Waals surface area contributed by atoms with Gasteiger partial charge in [0.05, 0.1) is 16.0 Å². The molecule has 1 aromatic carbocycles. The van der Waals surface area contributed by atoms with E-state index < -0.39 is 0 Å². The normalized spacial score (nSPS) is 17.0. The van der Waals surface area contributed by atoms with Crippen molar-refractivity contribution in [1.29, 1.82) is 0 Å². The predicted molar refractivity (Wildman–Crippen MR) is 83.6 cm³/mol. The van der Waals surface area contributed by atoms with Gasteiger partial charge in [-0.05, 0) is 18.2 Å². The average Bonchev–Trinajstić information content (AvgIpc) is 2.56. The molecule has 3 aromatic rings. The lowest BCUT2D eigenvalue weighted by Crippen LogP contribution is -3.10. The van der Waals surface area contributed by atoms with Gasteiger partial charge in [-0.2, -0.15) is 0 Å². The minimum Gasteiger partial charge on any atom is -0.438 e. The number of aromatic amines is 1. The summed E-state index contributed by atoms with van der Waals surface area (Å²) in [6.07, 6.45) is 5.60. The number of nitrogens with zero attached hydrogens (tertiary/aromatic N) is 1. The Morgan fingerprint density at radius 3 is 3.14 bits per heavy atom. The molecule has 0 saturated carbocycles. The van der Waals surface area contributed by atoms with Crippen molar-refractivity contribution in [1.82, 2.24) is 4.98 Å². The van der Waals surface area contributed by atoms with Crippen LogP contribution in [-0.4, -0.2) is 11.7 Å². The van der Waals surface area contributed by atoms with Gasteiger partial charge >= 0.3 is 0 Å². The van der Waals surface area contributed by atoms with E-state index in [-0.39, 0.29) is 0 Å². The largest absolute Gasteiger partial charge is 0.438 e. The van der Waals surface area contributed by atoms with Crippen LogP contribution in [0.4, 0.5) is 0 Å². The van der Waals surface area contributed by atoms with E-state index in [1.165, 1.54) is 10.5 Å². The predicted octanol–water partition coefficient (Wildman–Crippen LogP) is 1.64. The highest BCUT2D eigenvalue weighted by Gasteiger charge is 2.26. The third-order valence-corrected chi connectivity index (χ3v) is 4.28. The number of pyridine rings is 2. The zero-order valence-corrected chi connectivity index (χ0v) is 12.7. The third kappa shape index (κ3) is 2.40. The minimum atomic E-state index is 0.640. The molecule has 110 valence electrons. The van der Waals surface area contributed by atoms with Gasteiger partial charge < -0.3 is 4.74 Å². The van der Waals surface area contributed by atoms with Gasteiger partial charge in [0.2, 0.25) is 12.5 Å². The second-order valence-corrected chi connectivity index (χ2v) is 5.97. The molecule has 0 spiro atoms. The Morgan fingerprint density at radius 2 is 2.27 bits per heavy atom. The summed E-state index contributed by atoms with van der Waals surface area (Å²) in [6, 6.07) is 10.0. The van der Waals surface area contributed by atoms with Gasteiger partial charge in [0, 0.05) is 24.0 Å². The molecule has 22 heavy (non-hydrogen) atoms. The number of ether oxygens (including phenoxy) is 1. The quantitative estimate of drug-likeness (QED) is 0.781. The standard InChI is InChI=1S/C17H14ClN3O/c18-15-7-13-10-21(9-12-3-1-5-19-8-12)11-22-17(13)16-14(15)4-2-6-20-16/h1-8H,9-11H2/p+2. The fourth-order valence-corrected chi connectivity index (χ4v) is 3.27. The van der Waals surface area contributed by atoms with Crippen LogP contribution in [0.15, 0.2) is 48.9 Å². The summed E-state index contributed by atoms with van der Waals surface area (Å²) < 4.78 is 6.03. The first-order valence-corrected chi connectivity index (χ1v) is 7.66. The van der Waals surface area contributed by atoms with Crippen LogP contribution in [0.3, 0.4) is 0 Å². The van der Waals surface area contributed by atoms with E-state index in [2.05, 4.69) is 16.0 Å². The molecule has 0 amide bonds. The Labute approximate surface area is 133 Å². The number of hydrogen-bond acceptors (Lipinski definition) is 2. The molecule has 0 radical (unpaired) electrons. The summed E-state index contributed by atoms with van der Waals surface area (Å²) in [6.45, 7) is 2.42. The van der Waals surface area contributed by atoms with Gasteiger partial charge in [0.15, 0.2) is 6.20 Å². The zero-order chi connectivity index (χ0) is 14.9. The van der Waals surface area contributed by atoms with E-state index >= 15 is 0 Å². The number of aromatic nitrogens is 2. The van der Waals surface area contributed by atoms with Crippen molar-refractivity contribution in [3.63, 3.8) is 0 Å². The van der Waals surface area contributed by atoms with Crippen LogP contribution >= 0.6 is 11.6 Å². The maximum Gasteiger partial charge on any atom is 0.255 e. The first kappa shape index (κ1) is 13.5. The lowest BCUT2D eigenvalue weighted by atomic mass is 10.1. The molecular formula is C17H16ClN3O+2. The van der Waals surface area contributed by atoms with Gasteiger partial charge in [-0.3, -0.25) is 9.88 Å². The molecule has 0 saturated heterocycles. The van der Waals surface area contributed by atoms with E-state index in [9.17, 15) is 0 Å². The van der Waals surface area contributed by atoms with Gasteiger partial charge in [-0.25, -0.2) is 4.98 Å². The first-order chi connectivity index (χ1) is 10.8. The first-order valence-electron chi connectivity index (χ1n) is 7.28. The van der Waals surface area contributed by atoms with E-state index in [1.807, 2.05) is 36.7 Å². The summed E-state index contributed by atoms with van der Waals surface area (Å²) in [5.41, 5.74) is 3.33. The molecular weight excluding hydrogens is 298 g/mol. The average molecular weight is 314 g/mol. The molecule has 0 fully saturated rings. The number of benzene rings is 1. The van der Waals surface area contributed by atoms with Crippen molar-refractivity contribution in [3.05, 3.63) is 65.1 Å². The van der Waals surface area contributed by atoms with Gasteiger partial charge in [-0.1, -0.05) is 17.7 Å². The van der Waals surface area contributed by atoms with Crippen molar-refractivity contribution >= 4 is 22.5 Å². The van der Waals surface area contributed by atoms with Crippen molar-refractivity contribution < 1.29 is 14.6 Å². The van der Waals surface area contributed by atoms with Crippen molar-refractivity contribution in [2.24, 2.45) is 0 Å². The smallest absolute Gasteiger partial charge is 0.255 e. The molecule has 1 aliphatic rings. The Bertz CT molecular complexity index is 823. The molecule has 0 aliphatic carbocycles. The fraction of sp³-hybridized carbons (Fsp3) is 0.176. The summed E-state index contributed by atoms with van der Waals surface area (Å²) in [7, 11) is 0. The van der Waals surface area contributed by atoms with Crippen LogP contribution in [0, 0.1) is 0 Å². The maximum absolute atomic E-state index is 6.41. The van der Waals surface area contributed by atoms with Crippen LogP contribution < -0.4 is 14.6 Å². The number of nitrogens with one attached hydrogen (secondary N) is 2. The summed E-state index contributed by atoms with van der Waals surface area (Å²) >= 11 is 6.41. The highest BCUT2D eigenvalue weighted by Crippen LogP contribution is 2.33. The number of halogens is 1. The monoisotopic (exact) mass is 313 g/mol. The fourth-order valence-electron chi connectivity index (χ4n) is 2.98. The summed E-state index contributed by atoms with van der Waals surface area (Å²) in [5.74, 6) is 0.926. The molecule has 2 N–H and O–H groups in total. The molecule has 5 heteroatoms. The van der Waals surface area contributed by atoms with Gasteiger partial charge in [-0.15, -0.1) is 0 Å². The highest BCUT2D eigenvalue weighted by molar-refractivity contribution is 6.35. The van der Waals surface area contributed by atoms with E-state index in [0.29, 0.717) is 6.73 Å². The lowest BCUT2D eigenvalue weighted by molar-refractivity contribution is -0.945. The lowest BCUT2D eigenvalue weighted by Gasteiger charge is -2.25. The SMILES string of the molecule is Clc1cc2c(c3[nH+]cccc13)OC[NH+](Cc1cccnc1)C2. The number of quaternary nitrogens is 1. The van der Waals surface area contributed by atoms with Crippen molar-refractivity contribution in [3.8, 4) is 5.75 Å². The van der Waals surface area contributed by atoms with Crippen LogP contribution in [0.25, 0.3) is 10.9 Å². The molecule has 1 aliphatic heterocycles. The van der Waals surface area contributed by atoms with Crippen LogP contribution in [0.5, 0.6) is 5.75 Å². The molecule has 2 aromatic heterocycles. The number of hydrogen-bond donors (Lipinski definition) is 1. The van der Waals surface area contributed by atoms with Crippen LogP contribution in [0.1, 0.15) is 11.1 Å². The van der Waals surface area contributed by atoms with Crippen LogP contribution in [-0.2, 0) is 13.1 Å². The van der Waals surface area contributed by atoms with Crippen molar-refractivity contribution in [2.75, 3.05) is 6.73 Å². The van der Waals surface area contributed by atoms with E-state index in [4.69, 9.17) is 16.3 Å². The highest BCUT2D eigenvalue weighted by atomic mass is 35.5. The minimum absolute atomic E-state index is 0.640. The third-order valence-electron chi connectivity index (χ3n) is 3.97. The maximum atomic E-state index is 6.41. The molecule has 0 bridgehead atoms. The van der Waals surface area contributed by atoms with E-state index in [1.54, 1.807) is 6.20 Å². The molecule has 1 atom stereocenters. The zero-order valence-electron chi connectivity index (χ0n) is 12.0. The summed E-state index contributed by atoms with van der Waals surface area (Å²) in [4.78, 5) is 8.76.